The van der Waals surface area contributed by atoms with Gasteiger partial charge in [0.25, 0.3) is 0 Å². The van der Waals surface area contributed by atoms with Crippen molar-refractivity contribution in [1.82, 2.24) is 20.9 Å². The lowest BCUT2D eigenvalue weighted by atomic mass is 9.90. The molecule has 0 amide bonds. The van der Waals surface area contributed by atoms with Crippen LogP contribution in [0.15, 0.2) is 35.3 Å². The third kappa shape index (κ3) is 7.56. The molecule has 2 rings (SSSR count). The Morgan fingerprint density at radius 2 is 1.87 bits per heavy atom. The Labute approximate surface area is 183 Å². The fraction of sp³-hybridized carbons (Fsp3) is 0.708. The number of nitrogens with one attached hydrogen (secondary N) is 3. The Hall–Kier alpha value is -1.63. The summed E-state index contributed by atoms with van der Waals surface area (Å²) in [5.74, 6) is 0.908. The van der Waals surface area contributed by atoms with Gasteiger partial charge < -0.3 is 25.6 Å². The van der Waals surface area contributed by atoms with E-state index in [-0.39, 0.29) is 5.54 Å². The molecular formula is C24H43N5O. The van der Waals surface area contributed by atoms with Gasteiger partial charge in [-0.1, -0.05) is 44.2 Å². The fourth-order valence-electron chi connectivity index (χ4n) is 4.20. The average molecular weight is 418 g/mol. The first-order chi connectivity index (χ1) is 14.6. The molecule has 1 saturated heterocycles. The summed E-state index contributed by atoms with van der Waals surface area (Å²) in [7, 11) is 3.63. The highest BCUT2D eigenvalue weighted by Crippen LogP contribution is 2.21. The fourth-order valence-corrected chi connectivity index (χ4v) is 4.20. The van der Waals surface area contributed by atoms with Crippen molar-refractivity contribution in [2.75, 3.05) is 46.9 Å². The van der Waals surface area contributed by atoms with Gasteiger partial charge in [0.2, 0.25) is 0 Å². The monoisotopic (exact) mass is 417 g/mol. The van der Waals surface area contributed by atoms with Crippen molar-refractivity contribution < 1.29 is 4.74 Å². The minimum Gasteiger partial charge on any atom is -0.383 e. The van der Waals surface area contributed by atoms with Gasteiger partial charge >= 0.3 is 0 Å². The molecule has 1 atom stereocenters. The van der Waals surface area contributed by atoms with E-state index in [1.807, 2.05) is 7.05 Å². The number of piperidine rings is 1. The molecule has 170 valence electrons. The molecular weight excluding hydrogens is 374 g/mol. The second-order valence-corrected chi connectivity index (χ2v) is 8.44. The smallest absolute Gasteiger partial charge is 0.191 e. The van der Waals surface area contributed by atoms with Crippen LogP contribution in [0.25, 0.3) is 0 Å². The zero-order valence-corrected chi connectivity index (χ0v) is 19.7. The van der Waals surface area contributed by atoms with E-state index in [0.29, 0.717) is 12.1 Å². The van der Waals surface area contributed by atoms with Crippen LogP contribution in [0.4, 0.5) is 0 Å². The minimum atomic E-state index is 0.0242. The zero-order chi connectivity index (χ0) is 21.8. The summed E-state index contributed by atoms with van der Waals surface area (Å²) in [6.45, 7) is 11.7. The predicted molar refractivity (Wildman–Crippen MR) is 127 cm³/mol. The number of benzene rings is 1. The van der Waals surface area contributed by atoms with E-state index >= 15 is 0 Å². The number of hydrogen-bond donors (Lipinski definition) is 3. The first-order valence-electron chi connectivity index (χ1n) is 11.6. The molecule has 1 unspecified atom stereocenters. The van der Waals surface area contributed by atoms with Crippen LogP contribution < -0.4 is 16.0 Å². The van der Waals surface area contributed by atoms with E-state index in [2.05, 4.69) is 76.9 Å². The van der Waals surface area contributed by atoms with Crippen LogP contribution in [-0.2, 0) is 4.74 Å². The highest BCUT2D eigenvalue weighted by Gasteiger charge is 2.29. The van der Waals surface area contributed by atoms with E-state index < -0.39 is 0 Å². The lowest BCUT2D eigenvalue weighted by Gasteiger charge is -2.37. The number of guanidine groups is 1. The molecule has 0 bridgehead atoms. The highest BCUT2D eigenvalue weighted by molar-refractivity contribution is 5.80. The van der Waals surface area contributed by atoms with Gasteiger partial charge in [-0.3, -0.25) is 4.99 Å². The summed E-state index contributed by atoms with van der Waals surface area (Å²) in [5, 5.41) is 11.1. The standard InChI is InChI=1S/C24H43N5O/c1-6-24(7-2,28-20(3)21-11-9-8-10-12-21)19-26-23(25-4)27-22-13-15-29(16-14-22)17-18-30-5/h8-12,20,22,28H,6-7,13-19H2,1-5H3,(H2,25,26,27). The molecule has 0 aliphatic carbocycles. The van der Waals surface area contributed by atoms with Crippen LogP contribution in [0.5, 0.6) is 0 Å². The molecule has 0 spiro atoms. The number of aliphatic imine (C=N–C) groups is 1. The van der Waals surface area contributed by atoms with Gasteiger partial charge in [0.1, 0.15) is 0 Å². The van der Waals surface area contributed by atoms with Crippen LogP contribution in [0.3, 0.4) is 0 Å². The van der Waals surface area contributed by atoms with Gasteiger partial charge in [-0.15, -0.1) is 0 Å². The summed E-state index contributed by atoms with van der Waals surface area (Å²) in [6.07, 6.45) is 4.39. The predicted octanol–water partition coefficient (Wildman–Crippen LogP) is 3.17. The van der Waals surface area contributed by atoms with Gasteiger partial charge in [0.05, 0.1) is 6.61 Å². The average Bonchev–Trinajstić information content (AvgIpc) is 2.80. The number of methoxy groups -OCH3 is 1. The molecule has 1 aliphatic rings. The quantitative estimate of drug-likeness (QED) is 0.381. The Balaban J connectivity index is 1.86. The second kappa shape index (κ2) is 12.9. The molecule has 3 N–H and O–H groups in total. The molecule has 1 aromatic carbocycles. The molecule has 1 aliphatic heterocycles. The number of nitrogens with zero attached hydrogens (tertiary/aromatic N) is 2. The summed E-state index contributed by atoms with van der Waals surface area (Å²) in [6, 6.07) is 11.5. The van der Waals surface area contributed by atoms with E-state index in [9.17, 15) is 0 Å². The SMILES string of the molecule is CCC(CC)(CNC(=NC)NC1CCN(CCOC)CC1)NC(C)c1ccccc1. The number of hydrogen-bond acceptors (Lipinski definition) is 4. The van der Waals surface area contributed by atoms with Crippen molar-refractivity contribution in [3.63, 3.8) is 0 Å². The molecule has 30 heavy (non-hydrogen) atoms. The first kappa shape index (κ1) is 24.6. The van der Waals surface area contributed by atoms with Gasteiger partial charge in [-0.2, -0.15) is 0 Å². The Morgan fingerprint density at radius 3 is 2.43 bits per heavy atom. The van der Waals surface area contributed by atoms with Crippen molar-refractivity contribution in [2.24, 2.45) is 4.99 Å². The third-order valence-corrected chi connectivity index (χ3v) is 6.53. The van der Waals surface area contributed by atoms with Crippen molar-refractivity contribution in [2.45, 2.75) is 64.1 Å². The van der Waals surface area contributed by atoms with Gasteiger partial charge in [0.15, 0.2) is 5.96 Å². The zero-order valence-electron chi connectivity index (χ0n) is 19.7. The molecule has 1 aromatic rings. The van der Waals surface area contributed by atoms with Crippen molar-refractivity contribution >= 4 is 5.96 Å². The molecule has 6 heteroatoms. The van der Waals surface area contributed by atoms with Crippen LogP contribution in [0, 0.1) is 0 Å². The van der Waals surface area contributed by atoms with Crippen molar-refractivity contribution in [1.29, 1.82) is 0 Å². The van der Waals surface area contributed by atoms with Gasteiger partial charge in [-0.05, 0) is 38.2 Å². The van der Waals surface area contributed by atoms with E-state index in [0.717, 1.165) is 64.4 Å². The lowest BCUT2D eigenvalue weighted by Crippen LogP contribution is -2.56. The summed E-state index contributed by atoms with van der Waals surface area (Å²) in [4.78, 5) is 6.97. The molecule has 0 saturated carbocycles. The third-order valence-electron chi connectivity index (χ3n) is 6.53. The van der Waals surface area contributed by atoms with Crippen LogP contribution in [0.1, 0.15) is 58.1 Å². The molecule has 6 nitrogen and oxygen atoms in total. The molecule has 1 heterocycles. The maximum atomic E-state index is 5.20. The molecule has 0 aromatic heterocycles. The van der Waals surface area contributed by atoms with Crippen molar-refractivity contribution in [3.8, 4) is 0 Å². The Kier molecular flexibility index (Phi) is 10.6. The Morgan fingerprint density at radius 1 is 1.20 bits per heavy atom. The summed E-state index contributed by atoms with van der Waals surface area (Å²) < 4.78 is 5.20. The maximum absolute atomic E-state index is 5.20. The lowest BCUT2D eigenvalue weighted by molar-refractivity contribution is 0.128. The Bertz CT molecular complexity index is 609. The van der Waals surface area contributed by atoms with Gasteiger partial charge in [-0.25, -0.2) is 0 Å². The largest absolute Gasteiger partial charge is 0.383 e. The van der Waals surface area contributed by atoms with E-state index in [1.54, 1.807) is 7.11 Å². The van der Waals surface area contributed by atoms with E-state index in [1.165, 1.54) is 5.56 Å². The molecule has 0 radical (unpaired) electrons. The maximum Gasteiger partial charge on any atom is 0.191 e. The minimum absolute atomic E-state index is 0.0242. The number of ether oxygens (including phenoxy) is 1. The number of likely N-dealkylation sites (tertiary alicyclic amines) is 1. The second-order valence-electron chi connectivity index (χ2n) is 8.44. The van der Waals surface area contributed by atoms with E-state index in [4.69, 9.17) is 4.74 Å². The van der Waals surface area contributed by atoms with Crippen molar-refractivity contribution in [3.05, 3.63) is 35.9 Å². The molecule has 1 fully saturated rings. The highest BCUT2D eigenvalue weighted by atomic mass is 16.5. The first-order valence-corrected chi connectivity index (χ1v) is 11.6. The normalized spacial score (nSPS) is 17.7. The topological polar surface area (TPSA) is 60.9 Å². The van der Waals surface area contributed by atoms with Crippen LogP contribution in [0.2, 0.25) is 0 Å². The summed E-state index contributed by atoms with van der Waals surface area (Å²) >= 11 is 0. The van der Waals surface area contributed by atoms with Crippen LogP contribution >= 0.6 is 0 Å². The van der Waals surface area contributed by atoms with Gasteiger partial charge in [0, 0.05) is 58.0 Å². The summed E-state index contributed by atoms with van der Waals surface area (Å²) in [5.41, 5.74) is 1.35. The van der Waals surface area contributed by atoms with Crippen LogP contribution in [-0.4, -0.2) is 69.4 Å². The number of rotatable bonds is 11.